The Bertz CT molecular complexity index is 755. The molecule has 2 aromatic heterocycles. The number of thiophene rings is 1. The summed E-state index contributed by atoms with van der Waals surface area (Å²) in [6.45, 7) is 7.04. The van der Waals surface area contributed by atoms with Gasteiger partial charge in [-0.1, -0.05) is 0 Å². The standard InChI is InChI=1S/C19H28N4O2S/c1-13-5-8-26-17(13)12-20-10-15-9-18(24)23(6-7-25-4)19(15)16-11-21-22(3)14(16)2/h5,8,11,15,19-20H,6-7,9-10,12H2,1-4H3/t15-,19+/m0/s1. The molecule has 1 amide bonds. The molecule has 0 bridgehead atoms. The minimum absolute atomic E-state index is 0.0586. The summed E-state index contributed by atoms with van der Waals surface area (Å²) in [5, 5.41) is 10.1. The molecule has 1 aliphatic rings. The van der Waals surface area contributed by atoms with Gasteiger partial charge in [-0.05, 0) is 30.9 Å². The molecule has 7 heteroatoms. The third kappa shape index (κ3) is 3.84. The SMILES string of the molecule is COCCN1C(=O)C[C@@H](CNCc2sccc2C)[C@@H]1c1cnn(C)c1C. The zero-order valence-electron chi connectivity index (χ0n) is 16.0. The van der Waals surface area contributed by atoms with Gasteiger partial charge in [0.05, 0.1) is 18.8 Å². The highest BCUT2D eigenvalue weighted by Gasteiger charge is 2.41. The number of amides is 1. The number of rotatable bonds is 8. The number of aromatic nitrogens is 2. The molecular weight excluding hydrogens is 348 g/mol. The van der Waals surface area contributed by atoms with Gasteiger partial charge in [0.2, 0.25) is 5.91 Å². The molecule has 1 saturated heterocycles. The molecular formula is C19H28N4O2S. The van der Waals surface area contributed by atoms with Crippen LogP contribution in [0.25, 0.3) is 0 Å². The smallest absolute Gasteiger partial charge is 0.223 e. The van der Waals surface area contributed by atoms with E-state index in [2.05, 4.69) is 35.7 Å². The van der Waals surface area contributed by atoms with Crippen molar-refractivity contribution in [2.45, 2.75) is 32.9 Å². The molecule has 2 aromatic rings. The second-order valence-corrected chi connectivity index (χ2v) is 7.96. The molecule has 3 rings (SSSR count). The van der Waals surface area contributed by atoms with Crippen molar-refractivity contribution < 1.29 is 9.53 Å². The first-order valence-corrected chi connectivity index (χ1v) is 9.91. The van der Waals surface area contributed by atoms with Gasteiger partial charge in [0, 0.05) is 62.3 Å². The minimum atomic E-state index is 0.0586. The number of carbonyl (C=O) groups excluding carboxylic acids is 1. The van der Waals surface area contributed by atoms with Crippen LogP contribution in [0.2, 0.25) is 0 Å². The van der Waals surface area contributed by atoms with E-state index in [0.29, 0.717) is 19.6 Å². The number of carbonyl (C=O) groups is 1. The molecule has 2 atom stereocenters. The number of nitrogens with zero attached hydrogens (tertiary/aromatic N) is 3. The number of hydrogen-bond donors (Lipinski definition) is 1. The summed E-state index contributed by atoms with van der Waals surface area (Å²) in [7, 11) is 3.62. The maximum atomic E-state index is 12.7. The molecule has 3 heterocycles. The quantitative estimate of drug-likeness (QED) is 0.769. The molecule has 142 valence electrons. The van der Waals surface area contributed by atoms with Crippen molar-refractivity contribution in [1.82, 2.24) is 20.0 Å². The molecule has 26 heavy (non-hydrogen) atoms. The Labute approximate surface area is 159 Å². The van der Waals surface area contributed by atoms with Crippen LogP contribution in [-0.4, -0.2) is 47.4 Å². The Morgan fingerprint density at radius 3 is 2.85 bits per heavy atom. The van der Waals surface area contributed by atoms with Gasteiger partial charge in [0.25, 0.3) is 0 Å². The number of ether oxygens (including phenoxy) is 1. The maximum absolute atomic E-state index is 12.7. The molecule has 6 nitrogen and oxygen atoms in total. The summed E-state index contributed by atoms with van der Waals surface area (Å²) < 4.78 is 7.10. The first-order valence-electron chi connectivity index (χ1n) is 9.03. The Kier molecular flexibility index (Phi) is 6.11. The van der Waals surface area contributed by atoms with Gasteiger partial charge < -0.3 is 15.0 Å². The number of aryl methyl sites for hydroxylation is 2. The Hall–Kier alpha value is -1.70. The maximum Gasteiger partial charge on any atom is 0.223 e. The summed E-state index contributed by atoms with van der Waals surface area (Å²) in [5.74, 6) is 0.442. The van der Waals surface area contributed by atoms with E-state index in [9.17, 15) is 4.79 Å². The van der Waals surface area contributed by atoms with Crippen LogP contribution in [0.3, 0.4) is 0 Å². The van der Waals surface area contributed by atoms with Crippen molar-refractivity contribution in [2.75, 3.05) is 26.8 Å². The minimum Gasteiger partial charge on any atom is -0.383 e. The summed E-state index contributed by atoms with van der Waals surface area (Å²) >= 11 is 1.78. The fourth-order valence-corrected chi connectivity index (χ4v) is 4.56. The molecule has 0 saturated carbocycles. The zero-order valence-corrected chi connectivity index (χ0v) is 16.8. The summed E-state index contributed by atoms with van der Waals surface area (Å²) in [5.41, 5.74) is 3.59. The van der Waals surface area contributed by atoms with Crippen molar-refractivity contribution in [3.8, 4) is 0 Å². The van der Waals surface area contributed by atoms with Crippen molar-refractivity contribution in [1.29, 1.82) is 0 Å². The van der Waals surface area contributed by atoms with Gasteiger partial charge in [-0.3, -0.25) is 9.48 Å². The Balaban J connectivity index is 1.74. The highest BCUT2D eigenvalue weighted by molar-refractivity contribution is 7.10. The highest BCUT2D eigenvalue weighted by Crippen LogP contribution is 2.38. The molecule has 1 N–H and O–H groups in total. The monoisotopic (exact) mass is 376 g/mol. The predicted molar refractivity (Wildman–Crippen MR) is 103 cm³/mol. The van der Waals surface area contributed by atoms with Crippen LogP contribution < -0.4 is 5.32 Å². The van der Waals surface area contributed by atoms with E-state index in [1.165, 1.54) is 10.4 Å². The van der Waals surface area contributed by atoms with Gasteiger partial charge in [0.15, 0.2) is 0 Å². The normalized spacial score (nSPS) is 20.3. The summed E-state index contributed by atoms with van der Waals surface area (Å²) in [6.07, 6.45) is 2.48. The van der Waals surface area contributed by atoms with Gasteiger partial charge >= 0.3 is 0 Å². The highest BCUT2D eigenvalue weighted by atomic mass is 32.1. The van der Waals surface area contributed by atoms with Gasteiger partial charge in [-0.2, -0.15) is 5.10 Å². The van der Waals surface area contributed by atoms with Gasteiger partial charge in [-0.15, -0.1) is 11.3 Å². The van der Waals surface area contributed by atoms with Crippen LogP contribution in [0.4, 0.5) is 0 Å². The molecule has 1 fully saturated rings. The molecule has 1 aliphatic heterocycles. The van der Waals surface area contributed by atoms with Crippen LogP contribution in [0, 0.1) is 19.8 Å². The number of hydrogen-bond acceptors (Lipinski definition) is 5. The van der Waals surface area contributed by atoms with E-state index >= 15 is 0 Å². The number of likely N-dealkylation sites (tertiary alicyclic amines) is 1. The first kappa shape index (κ1) is 19.1. The van der Waals surface area contributed by atoms with Crippen LogP contribution in [-0.2, 0) is 23.1 Å². The lowest BCUT2D eigenvalue weighted by Gasteiger charge is -2.28. The van der Waals surface area contributed by atoms with Crippen LogP contribution in [0.1, 0.15) is 34.2 Å². The van der Waals surface area contributed by atoms with Gasteiger partial charge in [0.1, 0.15) is 0 Å². The molecule has 0 unspecified atom stereocenters. The molecule has 0 aromatic carbocycles. The fourth-order valence-electron chi connectivity index (χ4n) is 3.68. The van der Waals surface area contributed by atoms with Crippen LogP contribution in [0.5, 0.6) is 0 Å². The first-order chi connectivity index (χ1) is 12.5. The van der Waals surface area contributed by atoms with E-state index in [4.69, 9.17) is 4.74 Å². The fraction of sp³-hybridized carbons (Fsp3) is 0.579. The second-order valence-electron chi connectivity index (χ2n) is 6.96. The number of nitrogens with one attached hydrogen (secondary N) is 1. The average molecular weight is 377 g/mol. The van der Waals surface area contributed by atoms with Crippen molar-refractivity contribution in [3.63, 3.8) is 0 Å². The summed E-state index contributed by atoms with van der Waals surface area (Å²) in [4.78, 5) is 16.0. The van der Waals surface area contributed by atoms with Crippen molar-refractivity contribution in [2.24, 2.45) is 13.0 Å². The molecule has 0 radical (unpaired) electrons. The third-order valence-electron chi connectivity index (χ3n) is 5.33. The topological polar surface area (TPSA) is 59.4 Å². The number of methoxy groups -OCH3 is 1. The molecule has 0 aliphatic carbocycles. The van der Waals surface area contributed by atoms with E-state index < -0.39 is 0 Å². The van der Waals surface area contributed by atoms with E-state index in [0.717, 1.165) is 24.3 Å². The Morgan fingerprint density at radius 1 is 1.42 bits per heavy atom. The average Bonchev–Trinajstić information content (AvgIpc) is 3.26. The van der Waals surface area contributed by atoms with Crippen LogP contribution in [0.15, 0.2) is 17.6 Å². The van der Waals surface area contributed by atoms with E-state index in [-0.39, 0.29) is 17.9 Å². The predicted octanol–water partition coefficient (Wildman–Crippen LogP) is 2.42. The van der Waals surface area contributed by atoms with Crippen LogP contribution >= 0.6 is 11.3 Å². The van der Waals surface area contributed by atoms with E-state index in [1.54, 1.807) is 18.4 Å². The second kappa shape index (κ2) is 8.33. The van der Waals surface area contributed by atoms with E-state index in [1.807, 2.05) is 22.8 Å². The van der Waals surface area contributed by atoms with Crippen molar-refractivity contribution in [3.05, 3.63) is 39.3 Å². The molecule has 0 spiro atoms. The lowest BCUT2D eigenvalue weighted by Crippen LogP contribution is -2.34. The lowest BCUT2D eigenvalue weighted by atomic mass is 9.94. The van der Waals surface area contributed by atoms with Gasteiger partial charge in [-0.25, -0.2) is 0 Å². The largest absolute Gasteiger partial charge is 0.383 e. The Morgan fingerprint density at radius 2 is 2.23 bits per heavy atom. The van der Waals surface area contributed by atoms with Crippen molar-refractivity contribution >= 4 is 17.2 Å². The third-order valence-corrected chi connectivity index (χ3v) is 6.35. The summed E-state index contributed by atoms with van der Waals surface area (Å²) in [6, 6.07) is 2.21. The lowest BCUT2D eigenvalue weighted by molar-refractivity contribution is -0.129. The zero-order chi connectivity index (χ0) is 18.7.